The Hall–Kier alpha value is -2.05. The van der Waals surface area contributed by atoms with E-state index in [0.29, 0.717) is 6.54 Å². The molecule has 22 heavy (non-hydrogen) atoms. The molecule has 2 N–H and O–H groups in total. The second kappa shape index (κ2) is 6.81. The van der Waals surface area contributed by atoms with Crippen molar-refractivity contribution in [1.82, 2.24) is 19.9 Å². The molecule has 1 aliphatic heterocycles. The van der Waals surface area contributed by atoms with Gasteiger partial charge in [0.05, 0.1) is 12.3 Å². The van der Waals surface area contributed by atoms with Gasteiger partial charge < -0.3 is 15.3 Å². The van der Waals surface area contributed by atoms with Gasteiger partial charge in [0, 0.05) is 49.9 Å². The van der Waals surface area contributed by atoms with Crippen LogP contribution in [-0.2, 0) is 13.0 Å². The third-order valence-electron chi connectivity index (χ3n) is 4.09. The maximum Gasteiger partial charge on any atom is 0.134 e. The van der Waals surface area contributed by atoms with E-state index in [2.05, 4.69) is 32.2 Å². The molecule has 2 aromatic heterocycles. The monoisotopic (exact) mass is 299 g/mol. The third kappa shape index (κ3) is 3.23. The summed E-state index contributed by atoms with van der Waals surface area (Å²) in [5, 5.41) is 13.0. The molecule has 116 valence electrons. The summed E-state index contributed by atoms with van der Waals surface area (Å²) >= 11 is 0. The normalized spacial score (nSPS) is 16.1. The molecule has 1 aliphatic rings. The minimum Gasteiger partial charge on any atom is -0.396 e. The number of fused-ring (bicyclic) bond motifs is 1. The molecule has 0 saturated carbocycles. The Morgan fingerprint density at radius 3 is 3.09 bits per heavy atom. The summed E-state index contributed by atoms with van der Waals surface area (Å²) in [7, 11) is 2.10. The van der Waals surface area contributed by atoms with E-state index in [1.165, 1.54) is 5.56 Å². The SMILES string of the molecule is CN1CCc2ncnc(NCC(CO)c3cccnc3)c2C1. The third-order valence-corrected chi connectivity index (χ3v) is 4.09. The molecule has 2 aromatic rings. The summed E-state index contributed by atoms with van der Waals surface area (Å²) in [4.78, 5) is 15.1. The topological polar surface area (TPSA) is 74.2 Å². The first kappa shape index (κ1) is 14.9. The zero-order valence-electron chi connectivity index (χ0n) is 12.7. The number of hydrogen-bond acceptors (Lipinski definition) is 6. The average Bonchev–Trinajstić information content (AvgIpc) is 2.56. The van der Waals surface area contributed by atoms with Crippen LogP contribution in [0.1, 0.15) is 22.7 Å². The summed E-state index contributed by atoms with van der Waals surface area (Å²) in [6.07, 6.45) is 6.10. The van der Waals surface area contributed by atoms with Gasteiger partial charge in [-0.1, -0.05) is 6.07 Å². The molecule has 1 atom stereocenters. The number of aromatic nitrogens is 3. The molecular formula is C16H21N5O. The molecule has 3 heterocycles. The Kier molecular flexibility index (Phi) is 4.60. The van der Waals surface area contributed by atoms with Crippen LogP contribution in [0.2, 0.25) is 0 Å². The predicted molar refractivity (Wildman–Crippen MR) is 84.6 cm³/mol. The van der Waals surface area contributed by atoms with Gasteiger partial charge >= 0.3 is 0 Å². The van der Waals surface area contributed by atoms with Crippen LogP contribution in [-0.4, -0.2) is 51.7 Å². The lowest BCUT2D eigenvalue weighted by atomic mass is 10.0. The van der Waals surface area contributed by atoms with Crippen molar-refractivity contribution in [1.29, 1.82) is 0 Å². The van der Waals surface area contributed by atoms with Crippen molar-refractivity contribution < 1.29 is 5.11 Å². The molecule has 0 radical (unpaired) electrons. The van der Waals surface area contributed by atoms with Crippen molar-refractivity contribution >= 4 is 5.82 Å². The van der Waals surface area contributed by atoms with Crippen LogP contribution < -0.4 is 5.32 Å². The van der Waals surface area contributed by atoms with Crippen LogP contribution in [0.25, 0.3) is 0 Å². The smallest absolute Gasteiger partial charge is 0.134 e. The van der Waals surface area contributed by atoms with Crippen LogP contribution in [0.15, 0.2) is 30.9 Å². The van der Waals surface area contributed by atoms with Gasteiger partial charge in [0.1, 0.15) is 12.1 Å². The molecular weight excluding hydrogens is 278 g/mol. The van der Waals surface area contributed by atoms with Crippen molar-refractivity contribution in [3.8, 4) is 0 Å². The van der Waals surface area contributed by atoms with E-state index in [1.54, 1.807) is 18.7 Å². The molecule has 6 nitrogen and oxygen atoms in total. The van der Waals surface area contributed by atoms with Crippen LogP contribution in [0.4, 0.5) is 5.82 Å². The summed E-state index contributed by atoms with van der Waals surface area (Å²) in [5.41, 5.74) is 3.31. The zero-order chi connectivity index (χ0) is 15.4. The number of aliphatic hydroxyl groups is 1. The molecule has 6 heteroatoms. The van der Waals surface area contributed by atoms with Crippen molar-refractivity contribution in [2.24, 2.45) is 0 Å². The molecule has 0 aromatic carbocycles. The molecule has 3 rings (SSSR count). The maximum absolute atomic E-state index is 9.63. The molecule has 0 spiro atoms. The van der Waals surface area contributed by atoms with Gasteiger partial charge in [-0.25, -0.2) is 9.97 Å². The molecule has 1 unspecified atom stereocenters. The van der Waals surface area contributed by atoms with Gasteiger partial charge in [-0.05, 0) is 18.7 Å². The van der Waals surface area contributed by atoms with Gasteiger partial charge in [-0.15, -0.1) is 0 Å². The first-order chi connectivity index (χ1) is 10.8. The van der Waals surface area contributed by atoms with Gasteiger partial charge in [0.25, 0.3) is 0 Å². The Morgan fingerprint density at radius 1 is 1.41 bits per heavy atom. The maximum atomic E-state index is 9.63. The lowest BCUT2D eigenvalue weighted by molar-refractivity contribution is 0.269. The largest absolute Gasteiger partial charge is 0.396 e. The van der Waals surface area contributed by atoms with E-state index < -0.39 is 0 Å². The second-order valence-electron chi connectivity index (χ2n) is 5.68. The van der Waals surface area contributed by atoms with Gasteiger partial charge in [-0.3, -0.25) is 4.98 Å². The average molecular weight is 299 g/mol. The summed E-state index contributed by atoms with van der Waals surface area (Å²) < 4.78 is 0. The number of hydrogen-bond donors (Lipinski definition) is 2. The van der Waals surface area contributed by atoms with E-state index in [0.717, 1.165) is 36.6 Å². The lowest BCUT2D eigenvalue weighted by Gasteiger charge is -2.26. The highest BCUT2D eigenvalue weighted by atomic mass is 16.3. The Labute approximate surface area is 130 Å². The highest BCUT2D eigenvalue weighted by Gasteiger charge is 2.19. The van der Waals surface area contributed by atoms with Gasteiger partial charge in [-0.2, -0.15) is 0 Å². The first-order valence-electron chi connectivity index (χ1n) is 7.54. The molecule has 0 bridgehead atoms. The van der Waals surface area contributed by atoms with E-state index in [1.807, 2.05) is 12.1 Å². The molecule has 0 saturated heterocycles. The van der Waals surface area contributed by atoms with Crippen molar-refractivity contribution in [2.45, 2.75) is 18.9 Å². The minimum absolute atomic E-state index is 0.000588. The minimum atomic E-state index is 0.000588. The van der Waals surface area contributed by atoms with Crippen LogP contribution in [0, 0.1) is 0 Å². The van der Waals surface area contributed by atoms with Crippen LogP contribution in [0.5, 0.6) is 0 Å². The van der Waals surface area contributed by atoms with E-state index >= 15 is 0 Å². The predicted octanol–water partition coefficient (Wildman–Crippen LogP) is 1.05. The van der Waals surface area contributed by atoms with E-state index in [9.17, 15) is 5.11 Å². The Morgan fingerprint density at radius 2 is 2.32 bits per heavy atom. The standard InChI is InChI=1S/C16H21N5O/c1-21-6-4-15-14(9-21)16(20-11-19-15)18-8-13(10-22)12-3-2-5-17-7-12/h2-3,5,7,11,13,22H,4,6,8-10H2,1H3,(H,18,19,20). The van der Waals surface area contributed by atoms with Gasteiger partial charge in [0.2, 0.25) is 0 Å². The van der Waals surface area contributed by atoms with Gasteiger partial charge in [0.15, 0.2) is 0 Å². The zero-order valence-corrected chi connectivity index (χ0v) is 12.7. The highest BCUT2D eigenvalue weighted by Crippen LogP contribution is 2.23. The van der Waals surface area contributed by atoms with Crippen molar-refractivity contribution in [2.75, 3.05) is 32.1 Å². The van der Waals surface area contributed by atoms with Crippen molar-refractivity contribution in [3.05, 3.63) is 47.7 Å². The number of pyridine rings is 1. The summed E-state index contributed by atoms with van der Waals surface area (Å²) in [6, 6.07) is 3.87. The number of nitrogens with one attached hydrogen (secondary N) is 1. The Bertz CT molecular complexity index is 619. The van der Waals surface area contributed by atoms with Crippen molar-refractivity contribution in [3.63, 3.8) is 0 Å². The number of aliphatic hydroxyl groups excluding tert-OH is 1. The molecule has 0 amide bonds. The first-order valence-corrected chi connectivity index (χ1v) is 7.54. The number of rotatable bonds is 5. The number of anilines is 1. The fraction of sp³-hybridized carbons (Fsp3) is 0.438. The number of nitrogens with zero attached hydrogens (tertiary/aromatic N) is 4. The molecule has 0 fully saturated rings. The summed E-state index contributed by atoms with van der Waals surface area (Å²) in [5.74, 6) is 0.875. The second-order valence-corrected chi connectivity index (χ2v) is 5.68. The van der Waals surface area contributed by atoms with E-state index in [4.69, 9.17) is 0 Å². The fourth-order valence-electron chi connectivity index (χ4n) is 2.75. The number of likely N-dealkylation sites (N-methyl/N-ethyl adjacent to an activating group) is 1. The van der Waals surface area contributed by atoms with Crippen LogP contribution in [0.3, 0.4) is 0 Å². The quantitative estimate of drug-likeness (QED) is 0.859. The fourth-order valence-corrected chi connectivity index (χ4v) is 2.75. The van der Waals surface area contributed by atoms with Crippen LogP contribution >= 0.6 is 0 Å². The lowest BCUT2D eigenvalue weighted by Crippen LogP contribution is -2.29. The molecule has 0 aliphatic carbocycles. The van der Waals surface area contributed by atoms with E-state index in [-0.39, 0.29) is 12.5 Å². The highest BCUT2D eigenvalue weighted by molar-refractivity contribution is 5.47. The summed E-state index contributed by atoms with van der Waals surface area (Å²) in [6.45, 7) is 2.58. The Balaban J connectivity index is 1.74.